The van der Waals surface area contributed by atoms with Crippen LogP contribution in [0.5, 0.6) is 5.75 Å². The molecule has 184 valence electrons. The van der Waals surface area contributed by atoms with Crippen molar-refractivity contribution in [2.75, 3.05) is 44.1 Å². The van der Waals surface area contributed by atoms with E-state index in [4.69, 9.17) is 10.5 Å². The zero-order valence-corrected chi connectivity index (χ0v) is 19.6. The molecule has 2 aromatic rings. The number of benzene rings is 1. The number of halogens is 3. The lowest BCUT2D eigenvalue weighted by Crippen LogP contribution is -2.38. The van der Waals surface area contributed by atoms with Gasteiger partial charge in [-0.05, 0) is 49.4 Å². The number of piperidine rings is 1. The van der Waals surface area contributed by atoms with Crippen LogP contribution < -0.4 is 15.8 Å². The number of ether oxygens (including phenoxy) is 1. The van der Waals surface area contributed by atoms with Crippen LogP contribution in [0.1, 0.15) is 30.5 Å². The summed E-state index contributed by atoms with van der Waals surface area (Å²) in [5.74, 6) is -0.121. The SMILES string of the molecule is CNc1cc(-c2ccc(OCCC3CCN(S(C)(=O)=O)CC3)c(C(F)(F)F)c2)nc(C#N)c1N. The van der Waals surface area contributed by atoms with Gasteiger partial charge in [0.2, 0.25) is 10.0 Å². The van der Waals surface area contributed by atoms with E-state index in [2.05, 4.69) is 10.3 Å². The Morgan fingerprint density at radius 2 is 1.97 bits per heavy atom. The topological polar surface area (TPSA) is 121 Å². The highest BCUT2D eigenvalue weighted by molar-refractivity contribution is 7.88. The smallest absolute Gasteiger partial charge is 0.419 e. The molecule has 1 saturated heterocycles. The lowest BCUT2D eigenvalue weighted by atomic mass is 9.95. The summed E-state index contributed by atoms with van der Waals surface area (Å²) < 4.78 is 71.5. The van der Waals surface area contributed by atoms with E-state index in [1.807, 2.05) is 6.07 Å². The Bertz CT molecular complexity index is 1190. The van der Waals surface area contributed by atoms with E-state index in [1.165, 1.54) is 28.8 Å². The first kappa shape index (κ1) is 25.6. The number of hydrogen-bond donors (Lipinski definition) is 2. The lowest BCUT2D eigenvalue weighted by Gasteiger charge is -2.30. The van der Waals surface area contributed by atoms with Gasteiger partial charge >= 0.3 is 6.18 Å². The summed E-state index contributed by atoms with van der Waals surface area (Å²) in [5, 5.41) is 12.1. The van der Waals surface area contributed by atoms with Crippen molar-refractivity contribution >= 4 is 21.4 Å². The Morgan fingerprint density at radius 1 is 1.29 bits per heavy atom. The summed E-state index contributed by atoms with van der Waals surface area (Å²) in [6.07, 6.45) is -1.70. The molecule has 12 heteroatoms. The van der Waals surface area contributed by atoms with Gasteiger partial charge in [-0.3, -0.25) is 0 Å². The van der Waals surface area contributed by atoms with E-state index < -0.39 is 21.8 Å². The fourth-order valence-electron chi connectivity index (χ4n) is 3.90. The third kappa shape index (κ3) is 5.90. The monoisotopic (exact) mass is 497 g/mol. The minimum atomic E-state index is -4.66. The molecular formula is C22H26F3N5O3S. The van der Waals surface area contributed by atoms with Gasteiger partial charge in [0.05, 0.1) is 35.5 Å². The number of nitrogen functional groups attached to an aromatic ring is 1. The molecule has 0 amide bonds. The van der Waals surface area contributed by atoms with Crippen molar-refractivity contribution in [3.05, 3.63) is 35.5 Å². The van der Waals surface area contributed by atoms with E-state index in [-0.39, 0.29) is 40.9 Å². The number of hydrogen-bond acceptors (Lipinski definition) is 7. The first-order valence-electron chi connectivity index (χ1n) is 10.6. The second kappa shape index (κ2) is 10.1. The third-order valence-electron chi connectivity index (χ3n) is 5.84. The first-order valence-corrected chi connectivity index (χ1v) is 12.5. The van der Waals surface area contributed by atoms with E-state index >= 15 is 0 Å². The number of alkyl halides is 3. The number of nitrogens with zero attached hydrogens (tertiary/aromatic N) is 3. The molecule has 0 aliphatic carbocycles. The van der Waals surface area contributed by atoms with Gasteiger partial charge in [0.1, 0.15) is 11.8 Å². The molecule has 1 fully saturated rings. The van der Waals surface area contributed by atoms with Gasteiger partial charge < -0.3 is 15.8 Å². The molecule has 0 atom stereocenters. The molecule has 0 radical (unpaired) electrons. The Kier molecular flexibility index (Phi) is 7.57. The minimum absolute atomic E-state index is 0.0779. The summed E-state index contributed by atoms with van der Waals surface area (Å²) in [7, 11) is -1.65. The molecule has 3 rings (SSSR count). The van der Waals surface area contributed by atoms with Crippen LogP contribution in [-0.4, -0.2) is 50.7 Å². The maximum Gasteiger partial charge on any atom is 0.419 e. The third-order valence-corrected chi connectivity index (χ3v) is 7.14. The van der Waals surface area contributed by atoms with Gasteiger partial charge in [-0.2, -0.15) is 18.4 Å². The van der Waals surface area contributed by atoms with Gasteiger partial charge in [-0.25, -0.2) is 17.7 Å². The van der Waals surface area contributed by atoms with Crippen LogP contribution >= 0.6 is 0 Å². The molecule has 1 aliphatic rings. The van der Waals surface area contributed by atoms with Crippen molar-refractivity contribution in [1.29, 1.82) is 5.26 Å². The van der Waals surface area contributed by atoms with E-state index in [0.29, 0.717) is 38.0 Å². The number of nitrogens with two attached hydrogens (primary N) is 1. The number of anilines is 2. The van der Waals surface area contributed by atoms with Gasteiger partial charge in [0, 0.05) is 25.7 Å². The summed E-state index contributed by atoms with van der Waals surface area (Å²) in [4.78, 5) is 4.09. The van der Waals surface area contributed by atoms with Crippen LogP contribution in [0.15, 0.2) is 24.3 Å². The molecule has 8 nitrogen and oxygen atoms in total. The van der Waals surface area contributed by atoms with Crippen LogP contribution in [0, 0.1) is 17.2 Å². The minimum Gasteiger partial charge on any atom is -0.493 e. The second-order valence-corrected chi connectivity index (χ2v) is 10.1. The molecule has 1 aromatic heterocycles. The summed E-state index contributed by atoms with van der Waals surface area (Å²) in [6, 6.07) is 6.97. The van der Waals surface area contributed by atoms with Gasteiger partial charge in [-0.15, -0.1) is 0 Å². The van der Waals surface area contributed by atoms with Crippen molar-refractivity contribution in [3.8, 4) is 23.1 Å². The molecule has 2 heterocycles. The number of nitriles is 1. The number of sulfonamides is 1. The molecule has 0 saturated carbocycles. The van der Waals surface area contributed by atoms with Crippen LogP contribution in [0.3, 0.4) is 0 Å². The Labute approximate surface area is 196 Å². The molecule has 1 aromatic carbocycles. The highest BCUT2D eigenvalue weighted by Gasteiger charge is 2.35. The number of aromatic nitrogens is 1. The predicted octanol–water partition coefficient (Wildman–Crippen LogP) is 3.70. The maximum atomic E-state index is 13.8. The maximum absolute atomic E-state index is 13.8. The number of rotatable bonds is 7. The normalized spacial score (nSPS) is 15.6. The molecule has 0 unspecified atom stereocenters. The average Bonchev–Trinajstić information content (AvgIpc) is 2.78. The Hall–Kier alpha value is -3.04. The van der Waals surface area contributed by atoms with Crippen molar-refractivity contribution < 1.29 is 26.3 Å². The number of nitrogens with one attached hydrogen (secondary N) is 1. The van der Waals surface area contributed by atoms with Crippen molar-refractivity contribution in [3.63, 3.8) is 0 Å². The van der Waals surface area contributed by atoms with Gasteiger partial charge in [0.15, 0.2) is 5.69 Å². The molecular weight excluding hydrogens is 471 g/mol. The van der Waals surface area contributed by atoms with Gasteiger partial charge in [-0.1, -0.05) is 0 Å². The molecule has 3 N–H and O–H groups in total. The summed E-state index contributed by atoms with van der Waals surface area (Å²) in [6.45, 7) is 0.883. The fourth-order valence-corrected chi connectivity index (χ4v) is 4.77. The first-order chi connectivity index (χ1) is 15.9. The molecule has 0 spiro atoms. The second-order valence-electron chi connectivity index (χ2n) is 8.13. The van der Waals surface area contributed by atoms with Crippen molar-refractivity contribution in [2.24, 2.45) is 5.92 Å². The van der Waals surface area contributed by atoms with Crippen LogP contribution in [-0.2, 0) is 16.2 Å². The quantitative estimate of drug-likeness (QED) is 0.598. The highest BCUT2D eigenvalue weighted by Crippen LogP contribution is 2.39. The van der Waals surface area contributed by atoms with E-state index in [9.17, 15) is 26.9 Å². The van der Waals surface area contributed by atoms with E-state index in [0.717, 1.165) is 6.07 Å². The standard InChI is InChI=1S/C22H26F3N5O3S/c1-28-18-12-17(29-19(13-26)21(18)27)15-3-4-20(16(11-15)22(23,24)25)33-10-7-14-5-8-30(9-6-14)34(2,31)32/h3-4,11-12,14H,5-10,27H2,1-2H3,(H,28,29). The van der Waals surface area contributed by atoms with Crippen LogP contribution in [0.25, 0.3) is 11.3 Å². The lowest BCUT2D eigenvalue weighted by molar-refractivity contribution is -0.138. The van der Waals surface area contributed by atoms with Crippen LogP contribution in [0.2, 0.25) is 0 Å². The fraction of sp³-hybridized carbons (Fsp3) is 0.455. The van der Waals surface area contributed by atoms with Crippen molar-refractivity contribution in [1.82, 2.24) is 9.29 Å². The Balaban J connectivity index is 1.76. The molecule has 1 aliphatic heterocycles. The zero-order valence-electron chi connectivity index (χ0n) is 18.8. The highest BCUT2D eigenvalue weighted by atomic mass is 32.2. The Morgan fingerprint density at radius 3 is 2.53 bits per heavy atom. The van der Waals surface area contributed by atoms with Gasteiger partial charge in [0.25, 0.3) is 0 Å². The zero-order chi connectivity index (χ0) is 25.1. The summed E-state index contributed by atoms with van der Waals surface area (Å²) in [5.41, 5.74) is 5.65. The molecule has 34 heavy (non-hydrogen) atoms. The van der Waals surface area contributed by atoms with E-state index in [1.54, 1.807) is 7.05 Å². The van der Waals surface area contributed by atoms with Crippen LogP contribution in [0.4, 0.5) is 24.5 Å². The average molecular weight is 498 g/mol. The largest absolute Gasteiger partial charge is 0.493 e. The predicted molar refractivity (Wildman–Crippen MR) is 123 cm³/mol. The van der Waals surface area contributed by atoms with Crippen molar-refractivity contribution in [2.45, 2.75) is 25.4 Å². The summed E-state index contributed by atoms with van der Waals surface area (Å²) >= 11 is 0. The number of pyridine rings is 1. The molecule has 0 bridgehead atoms.